The number of rotatable bonds is 11. The zero-order chi connectivity index (χ0) is 29.8. The molecule has 0 radical (unpaired) electrons. The summed E-state index contributed by atoms with van der Waals surface area (Å²) in [5.41, 5.74) is 2.40. The van der Waals surface area contributed by atoms with Gasteiger partial charge in [-0.05, 0) is 115 Å². The number of nitrogens with zero attached hydrogens (tertiary/aromatic N) is 6. The summed E-state index contributed by atoms with van der Waals surface area (Å²) >= 11 is 0. The molecule has 4 heterocycles. The molecule has 2 fully saturated rings. The fourth-order valence-corrected chi connectivity index (χ4v) is 6.53. The maximum absolute atomic E-state index is 15.2. The molecule has 0 aliphatic carbocycles. The zero-order valence-corrected chi connectivity index (χ0v) is 25.1. The topological polar surface area (TPSA) is 82.7 Å². The van der Waals surface area contributed by atoms with Crippen LogP contribution in [-0.4, -0.2) is 71.3 Å². The molecule has 224 valence electrons. The molecule has 2 aliphatic rings. The number of likely N-dealkylation sites (tertiary alicyclic amines) is 1. The number of aryl methyl sites for hydroxylation is 1. The number of aromatic nitrogens is 3. The number of benzene rings is 1. The van der Waals surface area contributed by atoms with Gasteiger partial charge in [0.05, 0.1) is 11.7 Å². The Morgan fingerprint density at radius 3 is 2.57 bits per heavy atom. The largest absolute Gasteiger partial charge is 0.351 e. The van der Waals surface area contributed by atoms with Crippen LogP contribution in [0, 0.1) is 24.6 Å². The molecular weight excluding hydrogens is 534 g/mol. The summed E-state index contributed by atoms with van der Waals surface area (Å²) in [5.74, 6) is 1.90. The number of allylic oxidation sites excluding steroid dienone is 1. The number of pyridine rings is 1. The molecule has 1 atom stereocenters. The monoisotopic (exact) mass is 576 g/mol. The van der Waals surface area contributed by atoms with E-state index in [0.717, 1.165) is 38.9 Å². The molecule has 2 aliphatic heterocycles. The number of aliphatic imine (C=N–C) groups is 2. The van der Waals surface area contributed by atoms with Gasteiger partial charge < -0.3 is 20.1 Å². The highest BCUT2D eigenvalue weighted by atomic mass is 19.1. The number of hydrogen-bond acceptors (Lipinski definition) is 7. The highest BCUT2D eigenvalue weighted by molar-refractivity contribution is 6.12. The van der Waals surface area contributed by atoms with Crippen molar-refractivity contribution < 1.29 is 8.78 Å². The predicted molar refractivity (Wildman–Crippen MR) is 167 cm³/mol. The number of nitrogens with one attached hydrogen (secondary N) is 2. The molecule has 10 heteroatoms. The van der Waals surface area contributed by atoms with Crippen molar-refractivity contribution in [2.24, 2.45) is 21.8 Å². The van der Waals surface area contributed by atoms with E-state index >= 15 is 8.78 Å². The van der Waals surface area contributed by atoms with Crippen LogP contribution in [-0.2, 0) is 0 Å². The average Bonchev–Trinajstić information content (AvgIpc) is 3.30. The maximum atomic E-state index is 15.2. The quantitative estimate of drug-likeness (QED) is 0.279. The third-order valence-corrected chi connectivity index (χ3v) is 8.72. The molecule has 0 amide bonds. The second-order valence-corrected chi connectivity index (χ2v) is 11.6. The Labute approximate surface area is 247 Å². The van der Waals surface area contributed by atoms with Gasteiger partial charge in [-0.15, -0.1) is 0 Å². The van der Waals surface area contributed by atoms with Gasteiger partial charge in [0, 0.05) is 17.8 Å². The van der Waals surface area contributed by atoms with Crippen LogP contribution in [0.2, 0.25) is 0 Å². The van der Waals surface area contributed by atoms with Gasteiger partial charge in [-0.3, -0.25) is 9.98 Å². The minimum atomic E-state index is -0.702. The molecule has 0 saturated carbocycles. The van der Waals surface area contributed by atoms with Crippen LogP contribution in [0.15, 0.2) is 52.5 Å². The van der Waals surface area contributed by atoms with E-state index < -0.39 is 11.6 Å². The van der Waals surface area contributed by atoms with Gasteiger partial charge in [-0.25, -0.2) is 18.7 Å². The Bertz CT molecular complexity index is 1450. The lowest BCUT2D eigenvalue weighted by Gasteiger charge is -2.43. The Morgan fingerprint density at radius 2 is 1.98 bits per heavy atom. The van der Waals surface area contributed by atoms with Crippen molar-refractivity contribution >= 4 is 29.3 Å². The summed E-state index contributed by atoms with van der Waals surface area (Å²) in [4.78, 5) is 19.6. The fourth-order valence-electron chi connectivity index (χ4n) is 6.53. The lowest BCUT2D eigenvalue weighted by Crippen LogP contribution is -2.48. The Kier molecular flexibility index (Phi) is 9.43. The van der Waals surface area contributed by atoms with Crippen LogP contribution in [0.4, 0.5) is 14.6 Å². The van der Waals surface area contributed by atoms with Crippen molar-refractivity contribution in [3.05, 3.63) is 65.3 Å². The zero-order valence-electron chi connectivity index (χ0n) is 25.1. The second-order valence-electron chi connectivity index (χ2n) is 11.6. The van der Waals surface area contributed by atoms with Crippen molar-refractivity contribution in [1.82, 2.24) is 24.8 Å². The number of hydrogen-bond donors (Lipinski definition) is 2. The normalized spacial score (nSPS) is 18.5. The minimum Gasteiger partial charge on any atom is -0.351 e. The van der Waals surface area contributed by atoms with Crippen LogP contribution in [0.1, 0.15) is 62.5 Å². The smallest absolute Gasteiger partial charge is 0.167 e. The van der Waals surface area contributed by atoms with E-state index in [2.05, 4.69) is 55.2 Å². The highest BCUT2D eigenvalue weighted by Crippen LogP contribution is 2.39. The van der Waals surface area contributed by atoms with E-state index in [-0.39, 0.29) is 23.9 Å². The molecule has 1 unspecified atom stereocenters. The third-order valence-electron chi connectivity index (χ3n) is 8.72. The maximum Gasteiger partial charge on any atom is 0.167 e. The van der Waals surface area contributed by atoms with E-state index in [1.165, 1.54) is 24.5 Å². The average molecular weight is 577 g/mol. The predicted octanol–water partition coefficient (Wildman–Crippen LogP) is 5.86. The molecule has 42 heavy (non-hydrogen) atoms. The molecule has 0 spiro atoms. The van der Waals surface area contributed by atoms with Crippen LogP contribution in [0.5, 0.6) is 0 Å². The molecule has 2 N–H and O–H groups in total. The van der Waals surface area contributed by atoms with Gasteiger partial charge in [0.1, 0.15) is 29.5 Å². The lowest BCUT2D eigenvalue weighted by atomic mass is 9.71. The molecular formula is C32H42F2N8. The SMILES string of the molecule is C=N/C=C(F)\C(=N/CNc1ccc(C(C2CCN(CC)CC2)C2CNC2)cn1)c1cc(F)c2nc(C)n(C(C)C)c2c1. The second kappa shape index (κ2) is 13.2. The van der Waals surface area contributed by atoms with Crippen molar-refractivity contribution in [1.29, 1.82) is 0 Å². The van der Waals surface area contributed by atoms with Crippen LogP contribution in [0.25, 0.3) is 11.0 Å². The van der Waals surface area contributed by atoms with Gasteiger partial charge in [0.15, 0.2) is 11.6 Å². The summed E-state index contributed by atoms with van der Waals surface area (Å²) in [6.07, 6.45) is 5.40. The van der Waals surface area contributed by atoms with E-state index in [0.29, 0.717) is 40.5 Å². The highest BCUT2D eigenvalue weighted by Gasteiger charge is 2.36. The van der Waals surface area contributed by atoms with E-state index in [9.17, 15) is 0 Å². The Morgan fingerprint density at radius 1 is 1.21 bits per heavy atom. The van der Waals surface area contributed by atoms with E-state index in [1.54, 1.807) is 6.07 Å². The first-order valence-electron chi connectivity index (χ1n) is 15.0. The molecule has 5 rings (SSSR count). The van der Waals surface area contributed by atoms with Gasteiger partial charge in [-0.2, -0.15) is 0 Å². The van der Waals surface area contributed by atoms with Gasteiger partial charge in [-0.1, -0.05) is 13.0 Å². The lowest BCUT2D eigenvalue weighted by molar-refractivity contribution is 0.137. The molecule has 1 aromatic carbocycles. The number of fused-ring (bicyclic) bond motifs is 1. The number of imidazole rings is 1. The van der Waals surface area contributed by atoms with Gasteiger partial charge in [0.25, 0.3) is 0 Å². The van der Waals surface area contributed by atoms with Crippen molar-refractivity contribution in [3.8, 4) is 0 Å². The first kappa shape index (κ1) is 30.0. The van der Waals surface area contributed by atoms with Gasteiger partial charge >= 0.3 is 0 Å². The number of anilines is 1. The Balaban J connectivity index is 1.35. The first-order valence-corrected chi connectivity index (χ1v) is 15.0. The third kappa shape index (κ3) is 6.29. The fraction of sp³-hybridized carbons (Fsp3) is 0.500. The van der Waals surface area contributed by atoms with Gasteiger partial charge in [0.2, 0.25) is 0 Å². The van der Waals surface area contributed by atoms with Crippen molar-refractivity contribution in [2.75, 3.05) is 44.7 Å². The molecule has 2 aromatic heterocycles. The van der Waals surface area contributed by atoms with Crippen molar-refractivity contribution in [3.63, 3.8) is 0 Å². The first-order chi connectivity index (χ1) is 20.3. The Hall–Kier alpha value is -3.50. The standard InChI is InChI=1S/C32H42F2N8/c1-6-41-11-9-22(10-12-41)30(25-15-36-16-25)23-7-8-29(37-17-23)38-19-39-31(27(34)18-35-5)24-13-26(33)32-28(14-24)42(20(2)3)21(4)40-32/h7-8,13-14,17-18,20,22,25,30,36H,5-6,9-12,15-16,19H2,1-4H3,(H,37,38)/b27-18+,39-31-. The summed E-state index contributed by atoms with van der Waals surface area (Å²) in [5, 5.41) is 6.62. The van der Waals surface area contributed by atoms with E-state index in [1.807, 2.05) is 37.6 Å². The van der Waals surface area contributed by atoms with Crippen molar-refractivity contribution in [2.45, 2.75) is 52.5 Å². The summed E-state index contributed by atoms with van der Waals surface area (Å²) in [7, 11) is 0. The molecule has 3 aromatic rings. The van der Waals surface area contributed by atoms with Crippen LogP contribution < -0.4 is 10.6 Å². The van der Waals surface area contributed by atoms with Crippen LogP contribution in [0.3, 0.4) is 0 Å². The van der Waals surface area contributed by atoms with Crippen LogP contribution >= 0.6 is 0 Å². The molecule has 8 nitrogen and oxygen atoms in total. The molecule has 2 saturated heterocycles. The summed E-state index contributed by atoms with van der Waals surface area (Å²) in [6, 6.07) is 7.18. The minimum absolute atomic E-state index is 0.0163. The summed E-state index contributed by atoms with van der Waals surface area (Å²) < 4.78 is 32.2. The number of piperidine rings is 1. The van der Waals surface area contributed by atoms with E-state index in [4.69, 9.17) is 0 Å². The number of halogens is 2. The summed E-state index contributed by atoms with van der Waals surface area (Å²) in [6.45, 7) is 17.0. The molecule has 0 bridgehead atoms.